The van der Waals surface area contributed by atoms with Crippen molar-refractivity contribution < 1.29 is 0 Å². The van der Waals surface area contributed by atoms with E-state index in [1.165, 1.54) is 22.3 Å². The first kappa shape index (κ1) is 12.8. The lowest BCUT2D eigenvalue weighted by Crippen LogP contribution is -2.15. The quantitative estimate of drug-likeness (QED) is 0.628. The molecule has 4 heteroatoms. The van der Waals surface area contributed by atoms with Gasteiger partial charge in [-0.3, -0.25) is 0 Å². The van der Waals surface area contributed by atoms with Crippen LogP contribution in [0, 0.1) is 20.8 Å². The van der Waals surface area contributed by atoms with Crippen molar-refractivity contribution in [1.29, 1.82) is 0 Å². The van der Waals surface area contributed by atoms with Crippen LogP contribution in [0.4, 0.5) is 0 Å². The van der Waals surface area contributed by atoms with Crippen molar-refractivity contribution in [2.24, 2.45) is 0 Å². The summed E-state index contributed by atoms with van der Waals surface area (Å²) in [6.07, 6.45) is 0. The molecule has 3 aromatic rings. The highest BCUT2D eigenvalue weighted by Gasteiger charge is 2.10. The van der Waals surface area contributed by atoms with E-state index in [0.717, 1.165) is 16.6 Å². The van der Waals surface area contributed by atoms with Gasteiger partial charge in [-0.1, -0.05) is 18.2 Å². The molecule has 0 atom stereocenters. The van der Waals surface area contributed by atoms with Crippen LogP contribution >= 0.6 is 0 Å². The Morgan fingerprint density at radius 2 is 1.60 bits per heavy atom. The maximum absolute atomic E-state index is 4.48. The van der Waals surface area contributed by atoms with Crippen LogP contribution in [0.1, 0.15) is 16.7 Å². The van der Waals surface area contributed by atoms with Gasteiger partial charge in [-0.05, 0) is 60.7 Å². The molecule has 3 nitrogen and oxygen atoms in total. The fourth-order valence-corrected chi connectivity index (χ4v) is 2.71. The second kappa shape index (κ2) is 4.71. The first-order valence-corrected chi connectivity index (χ1v) is 6.74. The molecule has 0 N–H and O–H groups in total. The molecule has 0 amide bonds. The molecule has 0 aliphatic carbocycles. The number of hydrogen-bond acceptors (Lipinski definition) is 3. The van der Waals surface area contributed by atoms with Gasteiger partial charge in [0.1, 0.15) is 11.2 Å². The number of fused-ring (bicyclic) bond motifs is 1. The number of rotatable bonds is 1. The largest absolute Gasteiger partial charge is 0.241 e. The van der Waals surface area contributed by atoms with E-state index >= 15 is 0 Å². The summed E-state index contributed by atoms with van der Waals surface area (Å²) in [6, 6.07) is 10.6. The van der Waals surface area contributed by atoms with Gasteiger partial charge in [-0.2, -0.15) is 0 Å². The molecule has 0 bridgehead atoms. The molecule has 2 aromatic carbocycles. The topological polar surface area (TPSA) is 38.7 Å². The smallest absolute Gasteiger partial charge is 0.191 e. The van der Waals surface area contributed by atoms with Gasteiger partial charge in [-0.25, -0.2) is 4.98 Å². The van der Waals surface area contributed by atoms with Crippen molar-refractivity contribution in [3.63, 3.8) is 0 Å². The molecule has 3 rings (SSSR count). The van der Waals surface area contributed by atoms with Gasteiger partial charge in [0.05, 0.1) is 5.52 Å². The molecule has 0 aliphatic heterocycles. The maximum atomic E-state index is 4.48. The SMILES string of the molecule is Bc1nnc2cc(-c3c(C)cccc3C)cc(C)c2n1. The van der Waals surface area contributed by atoms with Crippen LogP contribution in [0.2, 0.25) is 0 Å². The first-order chi connectivity index (χ1) is 9.56. The first-order valence-electron chi connectivity index (χ1n) is 6.74. The Bertz CT molecular complexity index is 792. The third kappa shape index (κ3) is 2.07. The van der Waals surface area contributed by atoms with E-state index in [0.29, 0.717) is 5.72 Å². The Hall–Kier alpha value is -2.23. The second-order valence-corrected chi connectivity index (χ2v) is 5.29. The van der Waals surface area contributed by atoms with E-state index in [1.54, 1.807) is 0 Å². The lowest BCUT2D eigenvalue weighted by molar-refractivity contribution is 1.06. The maximum Gasteiger partial charge on any atom is 0.191 e. The van der Waals surface area contributed by atoms with Crippen LogP contribution in [-0.2, 0) is 0 Å². The van der Waals surface area contributed by atoms with E-state index in [2.05, 4.69) is 66.3 Å². The summed E-state index contributed by atoms with van der Waals surface area (Å²) in [5.74, 6) is 0. The van der Waals surface area contributed by atoms with Crippen LogP contribution in [0.15, 0.2) is 30.3 Å². The van der Waals surface area contributed by atoms with Crippen molar-refractivity contribution in [3.05, 3.63) is 47.0 Å². The van der Waals surface area contributed by atoms with Gasteiger partial charge in [-0.15, -0.1) is 10.2 Å². The van der Waals surface area contributed by atoms with Gasteiger partial charge in [0.2, 0.25) is 0 Å². The summed E-state index contributed by atoms with van der Waals surface area (Å²) >= 11 is 0. The number of hydrogen-bond donors (Lipinski definition) is 0. The van der Waals surface area contributed by atoms with Gasteiger partial charge in [0.15, 0.2) is 7.85 Å². The van der Waals surface area contributed by atoms with Crippen LogP contribution < -0.4 is 5.72 Å². The Morgan fingerprint density at radius 1 is 0.900 bits per heavy atom. The fourth-order valence-electron chi connectivity index (χ4n) is 2.71. The zero-order valence-electron chi connectivity index (χ0n) is 12.2. The van der Waals surface area contributed by atoms with E-state index in [1.807, 2.05) is 7.85 Å². The van der Waals surface area contributed by atoms with Crippen molar-refractivity contribution in [1.82, 2.24) is 15.2 Å². The van der Waals surface area contributed by atoms with Crippen LogP contribution in [0.3, 0.4) is 0 Å². The number of aromatic nitrogens is 3. The number of nitrogens with zero attached hydrogens (tertiary/aromatic N) is 3. The van der Waals surface area contributed by atoms with Crippen LogP contribution in [-0.4, -0.2) is 23.0 Å². The molecular formula is C16H16BN3. The third-order valence-corrected chi connectivity index (χ3v) is 3.63. The highest BCUT2D eigenvalue weighted by atomic mass is 15.1. The number of aryl methyl sites for hydroxylation is 3. The molecule has 0 aliphatic rings. The summed E-state index contributed by atoms with van der Waals surface area (Å²) in [7, 11) is 1.87. The Labute approximate surface area is 119 Å². The van der Waals surface area contributed by atoms with E-state index in [4.69, 9.17) is 0 Å². The molecule has 1 aromatic heterocycles. The van der Waals surface area contributed by atoms with Crippen molar-refractivity contribution in [2.75, 3.05) is 0 Å². The average Bonchev–Trinajstić information content (AvgIpc) is 2.39. The molecular weight excluding hydrogens is 245 g/mol. The zero-order chi connectivity index (χ0) is 14.3. The summed E-state index contributed by atoms with van der Waals surface area (Å²) < 4.78 is 0. The standard InChI is InChI=1S/C16H16BN3/c1-9-5-4-6-10(2)14(9)12-7-11(3)15-13(8-12)19-20-16(17)18-15/h4-8H,17H2,1-3H3. The minimum atomic E-state index is 0.709. The molecule has 0 fully saturated rings. The van der Waals surface area contributed by atoms with Gasteiger partial charge in [0, 0.05) is 0 Å². The normalized spacial score (nSPS) is 10.9. The van der Waals surface area contributed by atoms with Crippen LogP contribution in [0.25, 0.3) is 22.2 Å². The van der Waals surface area contributed by atoms with Gasteiger partial charge >= 0.3 is 0 Å². The molecule has 0 unspecified atom stereocenters. The molecule has 0 radical (unpaired) electrons. The lowest BCUT2D eigenvalue weighted by atomic mass is 9.94. The summed E-state index contributed by atoms with van der Waals surface area (Å²) in [5.41, 5.74) is 8.65. The predicted molar refractivity (Wildman–Crippen MR) is 85.2 cm³/mol. The average molecular weight is 261 g/mol. The number of benzene rings is 2. The molecule has 20 heavy (non-hydrogen) atoms. The zero-order valence-corrected chi connectivity index (χ0v) is 12.2. The van der Waals surface area contributed by atoms with Gasteiger partial charge in [0.25, 0.3) is 0 Å². The highest BCUT2D eigenvalue weighted by Crippen LogP contribution is 2.30. The predicted octanol–water partition coefficient (Wildman–Crippen LogP) is 1.88. The highest BCUT2D eigenvalue weighted by molar-refractivity contribution is 6.29. The second-order valence-electron chi connectivity index (χ2n) is 5.29. The van der Waals surface area contributed by atoms with E-state index in [-0.39, 0.29) is 0 Å². The fraction of sp³-hybridized carbons (Fsp3) is 0.188. The summed E-state index contributed by atoms with van der Waals surface area (Å²) in [4.78, 5) is 4.48. The van der Waals surface area contributed by atoms with Crippen LogP contribution in [0.5, 0.6) is 0 Å². The minimum absolute atomic E-state index is 0.709. The minimum Gasteiger partial charge on any atom is -0.241 e. The molecule has 0 spiro atoms. The van der Waals surface area contributed by atoms with E-state index in [9.17, 15) is 0 Å². The Morgan fingerprint density at radius 3 is 2.30 bits per heavy atom. The van der Waals surface area contributed by atoms with Crippen molar-refractivity contribution in [2.45, 2.75) is 20.8 Å². The molecule has 0 saturated heterocycles. The van der Waals surface area contributed by atoms with E-state index < -0.39 is 0 Å². The molecule has 0 saturated carbocycles. The van der Waals surface area contributed by atoms with Crippen molar-refractivity contribution >= 4 is 24.6 Å². The monoisotopic (exact) mass is 261 g/mol. The lowest BCUT2D eigenvalue weighted by Gasteiger charge is -2.12. The third-order valence-electron chi connectivity index (χ3n) is 3.63. The molecule has 98 valence electrons. The summed E-state index contributed by atoms with van der Waals surface area (Å²) in [6.45, 7) is 6.36. The Balaban J connectivity index is 2.31. The van der Waals surface area contributed by atoms with Crippen molar-refractivity contribution in [3.8, 4) is 11.1 Å². The molecule has 1 heterocycles. The van der Waals surface area contributed by atoms with Gasteiger partial charge < -0.3 is 0 Å². The Kier molecular flexibility index (Phi) is 3.01. The summed E-state index contributed by atoms with van der Waals surface area (Å²) in [5, 5.41) is 8.34.